The molecule has 0 spiro atoms. The fraction of sp³-hybridized carbons (Fsp3) is 0.250. The van der Waals surface area contributed by atoms with Crippen LogP contribution >= 0.6 is 0 Å². The van der Waals surface area contributed by atoms with Gasteiger partial charge in [0.05, 0.1) is 12.8 Å². The molecule has 0 unspecified atom stereocenters. The van der Waals surface area contributed by atoms with Crippen molar-refractivity contribution in [3.8, 4) is 5.75 Å². The van der Waals surface area contributed by atoms with E-state index in [0.717, 1.165) is 22.1 Å². The van der Waals surface area contributed by atoms with Crippen LogP contribution in [0.1, 0.15) is 49.2 Å². The Labute approximate surface area is 166 Å². The highest BCUT2D eigenvalue weighted by Gasteiger charge is 2.14. The molecule has 3 aromatic carbocycles. The lowest BCUT2D eigenvalue weighted by Crippen LogP contribution is -2.18. The largest absolute Gasteiger partial charge is 0.493 e. The van der Waals surface area contributed by atoms with Crippen LogP contribution in [0.2, 0.25) is 0 Å². The molecule has 0 aliphatic heterocycles. The molecule has 0 radical (unpaired) electrons. The maximum absolute atomic E-state index is 12.4. The number of hydrogen-bond donors (Lipinski definition) is 1. The lowest BCUT2D eigenvalue weighted by molar-refractivity contribution is 0.0955. The van der Waals surface area contributed by atoms with Crippen LogP contribution in [0.3, 0.4) is 0 Å². The van der Waals surface area contributed by atoms with Crippen LogP contribution in [0, 0.1) is 0 Å². The van der Waals surface area contributed by atoms with E-state index in [0.29, 0.717) is 12.2 Å². The van der Waals surface area contributed by atoms with Gasteiger partial charge in [0.15, 0.2) is 0 Å². The van der Waals surface area contributed by atoms with E-state index in [1.807, 2.05) is 67.6 Å². The summed E-state index contributed by atoms with van der Waals surface area (Å²) in [5, 5.41) is 6.30. The summed E-state index contributed by atoms with van der Waals surface area (Å²) in [5.74, 6) is 0.503. The summed E-state index contributed by atoms with van der Waals surface area (Å²) in [4.78, 5) is 12.4. The van der Waals surface area contributed by atoms with Gasteiger partial charge in [0.2, 0.25) is 0 Å². The van der Waals surface area contributed by atoms with Crippen molar-refractivity contribution in [3.63, 3.8) is 0 Å². The molecule has 28 heavy (non-hydrogen) atoms. The van der Waals surface area contributed by atoms with E-state index in [-0.39, 0.29) is 11.3 Å². The minimum Gasteiger partial charge on any atom is -0.493 e. The van der Waals surface area contributed by atoms with Gasteiger partial charge in [-0.25, -0.2) is 5.43 Å². The lowest BCUT2D eigenvalue weighted by Gasteiger charge is -2.18. The molecule has 3 aromatic rings. The molecule has 0 saturated carbocycles. The third-order valence-corrected chi connectivity index (χ3v) is 4.60. The Hall–Kier alpha value is -3.14. The highest BCUT2D eigenvalue weighted by atomic mass is 16.5. The predicted octanol–water partition coefficient (Wildman–Crippen LogP) is 5.30. The van der Waals surface area contributed by atoms with Crippen LogP contribution in [0.25, 0.3) is 10.8 Å². The number of ether oxygens (including phenoxy) is 1. The molecule has 0 heterocycles. The number of carbonyl (C=O) groups excluding carboxylic acids is 1. The second-order valence-corrected chi connectivity index (χ2v) is 7.66. The Morgan fingerprint density at radius 1 is 1.04 bits per heavy atom. The highest BCUT2D eigenvalue weighted by Crippen LogP contribution is 2.26. The van der Waals surface area contributed by atoms with Crippen molar-refractivity contribution < 1.29 is 9.53 Å². The molecule has 0 aromatic heterocycles. The monoisotopic (exact) mass is 374 g/mol. The van der Waals surface area contributed by atoms with Gasteiger partial charge in [-0.1, -0.05) is 63.2 Å². The second-order valence-electron chi connectivity index (χ2n) is 7.66. The number of nitrogens with one attached hydrogen (secondary N) is 1. The molecule has 4 heteroatoms. The molecule has 144 valence electrons. The van der Waals surface area contributed by atoms with Gasteiger partial charge in [-0.2, -0.15) is 5.10 Å². The zero-order chi connectivity index (χ0) is 20.1. The quantitative estimate of drug-likeness (QED) is 0.487. The number of rotatable bonds is 5. The SMILES string of the molecule is CCOc1ccc2ccccc2c1C=NNC(=O)c1ccc(C(C)(C)C)cc1. The van der Waals surface area contributed by atoms with Gasteiger partial charge in [-0.15, -0.1) is 0 Å². The topological polar surface area (TPSA) is 50.7 Å². The summed E-state index contributed by atoms with van der Waals surface area (Å²) >= 11 is 0. The number of hydrogen-bond acceptors (Lipinski definition) is 3. The molecular weight excluding hydrogens is 348 g/mol. The summed E-state index contributed by atoms with van der Waals surface area (Å²) in [6.07, 6.45) is 1.65. The van der Waals surface area contributed by atoms with Crippen molar-refractivity contribution in [1.29, 1.82) is 0 Å². The van der Waals surface area contributed by atoms with Gasteiger partial charge in [-0.3, -0.25) is 4.79 Å². The molecule has 0 saturated heterocycles. The van der Waals surface area contributed by atoms with Crippen LogP contribution in [0.5, 0.6) is 5.75 Å². The van der Waals surface area contributed by atoms with Crippen molar-refractivity contribution in [2.75, 3.05) is 6.61 Å². The van der Waals surface area contributed by atoms with Crippen LogP contribution in [-0.2, 0) is 5.41 Å². The van der Waals surface area contributed by atoms with Gasteiger partial charge in [0.1, 0.15) is 5.75 Å². The van der Waals surface area contributed by atoms with Crippen LogP contribution < -0.4 is 10.2 Å². The van der Waals surface area contributed by atoms with Gasteiger partial charge < -0.3 is 4.74 Å². The standard InChI is InChI=1S/C24H26N2O2/c1-5-28-22-15-12-17-8-6-7-9-20(17)21(22)16-25-26-23(27)18-10-13-19(14-11-18)24(2,3)4/h6-16H,5H2,1-4H3,(H,26,27). The van der Waals surface area contributed by atoms with E-state index in [2.05, 4.69) is 31.3 Å². The highest BCUT2D eigenvalue weighted by molar-refractivity contribution is 6.03. The molecule has 0 aliphatic rings. The molecule has 1 N–H and O–H groups in total. The fourth-order valence-corrected chi connectivity index (χ4v) is 3.03. The first kappa shape index (κ1) is 19.6. The number of amides is 1. The van der Waals surface area contributed by atoms with Crippen molar-refractivity contribution >= 4 is 22.9 Å². The molecular formula is C24H26N2O2. The zero-order valence-electron chi connectivity index (χ0n) is 16.8. The molecule has 0 atom stereocenters. The van der Waals surface area contributed by atoms with Gasteiger partial charge in [0.25, 0.3) is 5.91 Å². The Morgan fingerprint density at radius 3 is 2.43 bits per heavy atom. The van der Waals surface area contributed by atoms with Crippen molar-refractivity contribution in [2.24, 2.45) is 5.10 Å². The zero-order valence-corrected chi connectivity index (χ0v) is 16.8. The molecule has 0 aliphatic carbocycles. The number of benzene rings is 3. The maximum Gasteiger partial charge on any atom is 0.271 e. The summed E-state index contributed by atoms with van der Waals surface area (Å²) in [5.41, 5.74) is 5.28. The third-order valence-electron chi connectivity index (χ3n) is 4.60. The molecule has 0 fully saturated rings. The Kier molecular flexibility index (Phi) is 5.78. The third kappa shape index (κ3) is 4.39. The van der Waals surface area contributed by atoms with E-state index < -0.39 is 0 Å². The maximum atomic E-state index is 12.4. The van der Waals surface area contributed by atoms with E-state index >= 15 is 0 Å². The molecule has 0 bridgehead atoms. The first-order chi connectivity index (χ1) is 13.4. The van der Waals surface area contributed by atoms with Crippen molar-refractivity contribution in [2.45, 2.75) is 33.1 Å². The minimum atomic E-state index is -0.241. The smallest absolute Gasteiger partial charge is 0.271 e. The van der Waals surface area contributed by atoms with Crippen LogP contribution in [0.4, 0.5) is 0 Å². The average molecular weight is 374 g/mol. The van der Waals surface area contributed by atoms with Crippen molar-refractivity contribution in [1.82, 2.24) is 5.43 Å². The average Bonchev–Trinajstić information content (AvgIpc) is 2.69. The fourth-order valence-electron chi connectivity index (χ4n) is 3.03. The molecule has 1 amide bonds. The number of nitrogens with zero attached hydrogens (tertiary/aromatic N) is 1. The number of carbonyl (C=O) groups is 1. The number of hydrazone groups is 1. The van der Waals surface area contributed by atoms with E-state index in [9.17, 15) is 4.79 Å². The Morgan fingerprint density at radius 2 is 1.75 bits per heavy atom. The number of fused-ring (bicyclic) bond motifs is 1. The molecule has 3 rings (SSSR count). The second kappa shape index (κ2) is 8.26. The summed E-state index contributed by atoms with van der Waals surface area (Å²) < 4.78 is 5.73. The summed E-state index contributed by atoms with van der Waals surface area (Å²) in [7, 11) is 0. The Bertz CT molecular complexity index is 999. The minimum absolute atomic E-state index is 0.0528. The lowest BCUT2D eigenvalue weighted by atomic mass is 9.87. The predicted molar refractivity (Wildman–Crippen MR) is 115 cm³/mol. The van der Waals surface area contributed by atoms with Crippen LogP contribution in [-0.4, -0.2) is 18.7 Å². The Balaban J connectivity index is 1.80. The molecule has 4 nitrogen and oxygen atoms in total. The first-order valence-corrected chi connectivity index (χ1v) is 9.48. The van der Waals surface area contributed by atoms with E-state index in [1.54, 1.807) is 6.21 Å². The van der Waals surface area contributed by atoms with Crippen LogP contribution in [0.15, 0.2) is 65.8 Å². The summed E-state index contributed by atoms with van der Waals surface area (Å²) in [6, 6.07) is 19.6. The van der Waals surface area contributed by atoms with Gasteiger partial charge in [0, 0.05) is 11.1 Å². The van der Waals surface area contributed by atoms with Gasteiger partial charge in [-0.05, 0) is 46.9 Å². The van der Waals surface area contributed by atoms with Gasteiger partial charge >= 0.3 is 0 Å². The van der Waals surface area contributed by atoms with Crippen molar-refractivity contribution in [3.05, 3.63) is 77.4 Å². The normalized spacial score (nSPS) is 11.7. The van der Waals surface area contributed by atoms with E-state index in [4.69, 9.17) is 4.74 Å². The van der Waals surface area contributed by atoms with E-state index in [1.165, 1.54) is 5.56 Å². The summed E-state index contributed by atoms with van der Waals surface area (Å²) in [6.45, 7) is 8.94. The first-order valence-electron chi connectivity index (χ1n) is 9.48.